The summed E-state index contributed by atoms with van der Waals surface area (Å²) in [5.74, 6) is 0. The van der Waals surface area contributed by atoms with Gasteiger partial charge in [0.2, 0.25) is 0 Å². The Kier molecular flexibility index (Phi) is 8.46. The van der Waals surface area contributed by atoms with E-state index in [1.54, 1.807) is 0 Å². The summed E-state index contributed by atoms with van der Waals surface area (Å²) < 4.78 is 4.01. The lowest BCUT2D eigenvalue weighted by Crippen LogP contribution is -2.16. The SMILES string of the molecule is C=C/C(=C\C=C/C)c1ccc(-c2ccc3c(c2)c2c(n3-c3ccc4c(c3)C(C)(C)c3c-4ccc4sc5c(c34)C=CCC5)CCC(c3ccc4c(ccc5ccccc54)c3)=C2)cc1. The number of hydrogen-bond acceptors (Lipinski definition) is 1. The lowest BCUT2D eigenvalue weighted by Gasteiger charge is -2.24. The van der Waals surface area contributed by atoms with Gasteiger partial charge in [-0.25, -0.2) is 0 Å². The normalized spacial score (nSPS) is 15.3. The van der Waals surface area contributed by atoms with Crippen molar-refractivity contribution in [2.24, 2.45) is 0 Å². The summed E-state index contributed by atoms with van der Waals surface area (Å²) in [4.78, 5) is 1.54. The maximum absolute atomic E-state index is 4.08. The number of fused-ring (bicyclic) bond motifs is 13. The molecule has 0 fully saturated rings. The van der Waals surface area contributed by atoms with Crippen molar-refractivity contribution >= 4 is 77.2 Å². The smallest absolute Gasteiger partial charge is 0.0538 e. The monoisotopic (exact) mass is 813 g/mol. The van der Waals surface area contributed by atoms with E-state index in [9.17, 15) is 0 Å². The van der Waals surface area contributed by atoms with Gasteiger partial charge >= 0.3 is 0 Å². The van der Waals surface area contributed by atoms with E-state index in [0.29, 0.717) is 0 Å². The predicted molar refractivity (Wildman–Crippen MR) is 270 cm³/mol. The fourth-order valence-electron chi connectivity index (χ4n) is 11.0. The molecule has 9 aromatic rings. The number of nitrogens with zero attached hydrogens (tertiary/aromatic N) is 1. The number of thiophene rings is 1. The van der Waals surface area contributed by atoms with E-state index in [1.807, 2.05) is 24.3 Å². The number of allylic oxidation sites excluding steroid dienone is 7. The molecular weight excluding hydrogens is 767 g/mol. The molecule has 0 unspecified atom stereocenters. The van der Waals surface area contributed by atoms with Gasteiger partial charge in [-0.05, 0) is 158 Å². The van der Waals surface area contributed by atoms with Crippen LogP contribution in [0.15, 0.2) is 164 Å². The number of aryl methyl sites for hydroxylation is 1. The lowest BCUT2D eigenvalue weighted by molar-refractivity contribution is 0.665. The second kappa shape index (κ2) is 14.2. The van der Waals surface area contributed by atoms with E-state index in [-0.39, 0.29) is 5.41 Å². The van der Waals surface area contributed by atoms with Gasteiger partial charge in [0, 0.05) is 42.7 Å². The van der Waals surface area contributed by atoms with Crippen LogP contribution in [0.4, 0.5) is 0 Å². The third-order valence-electron chi connectivity index (χ3n) is 14.1. The van der Waals surface area contributed by atoms with Crippen LogP contribution in [0.2, 0.25) is 0 Å². The largest absolute Gasteiger partial charge is 0.313 e. The summed E-state index contributed by atoms with van der Waals surface area (Å²) in [5.41, 5.74) is 19.7. The van der Waals surface area contributed by atoms with Crippen LogP contribution < -0.4 is 0 Å². The van der Waals surface area contributed by atoms with E-state index >= 15 is 0 Å². The Balaban J connectivity index is 1.02. The maximum atomic E-state index is 4.08. The topological polar surface area (TPSA) is 4.93 Å². The molecule has 0 spiro atoms. The fourth-order valence-corrected chi connectivity index (χ4v) is 12.2. The van der Waals surface area contributed by atoms with Gasteiger partial charge in [0.25, 0.3) is 0 Å². The Labute approximate surface area is 368 Å². The second-order valence-electron chi connectivity index (χ2n) is 17.8. The van der Waals surface area contributed by atoms with E-state index in [0.717, 1.165) is 31.3 Å². The van der Waals surface area contributed by atoms with E-state index in [2.05, 4.69) is 189 Å². The molecule has 62 heavy (non-hydrogen) atoms. The number of rotatable bonds is 6. The van der Waals surface area contributed by atoms with Crippen LogP contribution in [-0.2, 0) is 18.3 Å². The Morgan fingerprint density at radius 1 is 0.710 bits per heavy atom. The molecule has 2 aromatic heterocycles. The maximum Gasteiger partial charge on any atom is 0.0538 e. The van der Waals surface area contributed by atoms with Gasteiger partial charge in [-0.2, -0.15) is 0 Å². The highest BCUT2D eigenvalue weighted by atomic mass is 32.1. The van der Waals surface area contributed by atoms with Crippen LogP contribution in [0.25, 0.3) is 93.8 Å². The highest BCUT2D eigenvalue weighted by Gasteiger charge is 2.39. The molecule has 0 saturated carbocycles. The molecule has 12 rings (SSSR count). The summed E-state index contributed by atoms with van der Waals surface area (Å²) in [5, 5.41) is 7.97. The first-order valence-electron chi connectivity index (χ1n) is 22.2. The van der Waals surface area contributed by atoms with Gasteiger partial charge in [-0.15, -0.1) is 11.3 Å². The predicted octanol–water partition coefficient (Wildman–Crippen LogP) is 16.7. The average molecular weight is 814 g/mol. The van der Waals surface area contributed by atoms with Crippen LogP contribution in [0, 0.1) is 0 Å². The molecule has 0 radical (unpaired) electrons. The highest BCUT2D eigenvalue weighted by molar-refractivity contribution is 7.19. The fraction of sp³-hybridized carbons (Fsp3) is 0.133. The van der Waals surface area contributed by atoms with E-state index < -0.39 is 0 Å². The van der Waals surface area contributed by atoms with Crippen molar-refractivity contribution in [3.05, 3.63) is 208 Å². The molecule has 0 saturated heterocycles. The van der Waals surface area contributed by atoms with Crippen LogP contribution in [0.5, 0.6) is 0 Å². The van der Waals surface area contributed by atoms with Gasteiger partial charge in [-0.1, -0.05) is 148 Å². The minimum atomic E-state index is -0.134. The molecule has 0 aliphatic heterocycles. The van der Waals surface area contributed by atoms with Crippen molar-refractivity contribution in [1.29, 1.82) is 0 Å². The molecular formula is C60H47NS. The van der Waals surface area contributed by atoms with Gasteiger partial charge in [0.1, 0.15) is 0 Å². The molecule has 0 atom stereocenters. The Morgan fingerprint density at radius 2 is 1.52 bits per heavy atom. The van der Waals surface area contributed by atoms with Gasteiger partial charge in [-0.3, -0.25) is 0 Å². The van der Waals surface area contributed by atoms with Crippen molar-refractivity contribution in [1.82, 2.24) is 4.57 Å². The minimum absolute atomic E-state index is 0.134. The molecule has 3 aliphatic carbocycles. The van der Waals surface area contributed by atoms with Gasteiger partial charge in [0.05, 0.1) is 5.52 Å². The van der Waals surface area contributed by atoms with Crippen LogP contribution in [0.3, 0.4) is 0 Å². The Bertz CT molecular complexity index is 3500. The summed E-state index contributed by atoms with van der Waals surface area (Å²) in [7, 11) is 0. The molecule has 0 bridgehead atoms. The first-order chi connectivity index (χ1) is 30.4. The second-order valence-corrected chi connectivity index (χ2v) is 19.0. The first kappa shape index (κ1) is 37.1. The summed E-state index contributed by atoms with van der Waals surface area (Å²) in [6.07, 6.45) is 19.7. The molecule has 7 aromatic carbocycles. The number of benzene rings is 7. The molecule has 0 N–H and O–H groups in total. The molecule has 2 heteroatoms. The third kappa shape index (κ3) is 5.59. The molecule has 1 nitrogen and oxygen atoms in total. The van der Waals surface area contributed by atoms with Gasteiger partial charge < -0.3 is 4.57 Å². The third-order valence-corrected chi connectivity index (χ3v) is 15.3. The van der Waals surface area contributed by atoms with E-state index in [1.165, 1.54) is 120 Å². The highest BCUT2D eigenvalue weighted by Crippen LogP contribution is 2.55. The zero-order valence-electron chi connectivity index (χ0n) is 35.6. The number of hydrogen-bond donors (Lipinski definition) is 0. The molecule has 3 aliphatic rings. The van der Waals surface area contributed by atoms with Crippen LogP contribution in [0.1, 0.15) is 77.6 Å². The van der Waals surface area contributed by atoms with Crippen molar-refractivity contribution in [2.45, 2.75) is 51.9 Å². The zero-order chi connectivity index (χ0) is 41.7. The quantitative estimate of drug-likeness (QED) is 0.116. The van der Waals surface area contributed by atoms with Crippen LogP contribution in [-0.4, -0.2) is 4.57 Å². The first-order valence-corrected chi connectivity index (χ1v) is 23.0. The van der Waals surface area contributed by atoms with Crippen molar-refractivity contribution in [3.63, 3.8) is 0 Å². The Hall–Kier alpha value is -6.74. The van der Waals surface area contributed by atoms with Crippen molar-refractivity contribution in [2.75, 3.05) is 0 Å². The Morgan fingerprint density at radius 3 is 2.39 bits per heavy atom. The molecule has 298 valence electrons. The van der Waals surface area contributed by atoms with Crippen molar-refractivity contribution < 1.29 is 0 Å². The van der Waals surface area contributed by atoms with Gasteiger partial charge in [0.15, 0.2) is 0 Å². The standard InChI is InChI=1S/C60H47NS/c1-5-7-12-37(6-2)38-17-19-39(20-18-38)42-24-30-54-51(34-42)52-35-43(41-23-27-47-44(33-41)22-21-40-13-8-9-14-46(40)47)25-31-55(52)61(54)45-26-28-48-49-29-32-57-58(50-15-10-11-16-56(50)62-57)59(49)60(3,4)53(48)36-45/h5-10,12-15,17-24,26-30,32-36H,2,11,16,25,31H2,1,3-4H3/b7-5-,37-12+. The van der Waals surface area contributed by atoms with Crippen molar-refractivity contribution in [3.8, 4) is 27.9 Å². The number of aromatic nitrogens is 1. The molecule has 2 heterocycles. The summed E-state index contributed by atoms with van der Waals surface area (Å²) in [6.45, 7) is 11.0. The zero-order valence-corrected chi connectivity index (χ0v) is 36.4. The van der Waals surface area contributed by atoms with Crippen LogP contribution >= 0.6 is 11.3 Å². The lowest BCUT2D eigenvalue weighted by atomic mass is 9.79. The summed E-state index contributed by atoms with van der Waals surface area (Å²) >= 11 is 2.00. The average Bonchev–Trinajstić information content (AvgIpc) is 3.93. The van der Waals surface area contributed by atoms with E-state index in [4.69, 9.17) is 0 Å². The molecule has 0 amide bonds. The summed E-state index contributed by atoms with van der Waals surface area (Å²) in [6, 6.07) is 48.5. The minimum Gasteiger partial charge on any atom is -0.313 e.